The molecule has 0 bridgehead atoms. The van der Waals surface area contributed by atoms with Crippen molar-refractivity contribution in [3.05, 3.63) is 29.3 Å². The zero-order chi connectivity index (χ0) is 21.3. The van der Waals surface area contributed by atoms with Crippen LogP contribution in [0.2, 0.25) is 0 Å². The van der Waals surface area contributed by atoms with E-state index in [1.807, 2.05) is 0 Å². The highest BCUT2D eigenvalue weighted by Crippen LogP contribution is 2.38. The van der Waals surface area contributed by atoms with Crippen molar-refractivity contribution in [3.8, 4) is 5.75 Å². The molecule has 1 aromatic carbocycles. The van der Waals surface area contributed by atoms with Crippen LogP contribution in [0.5, 0.6) is 5.75 Å². The summed E-state index contributed by atoms with van der Waals surface area (Å²) in [5, 5.41) is 0. The normalized spacial score (nSPS) is 18.3. The molecule has 1 aliphatic heterocycles. The predicted octanol–water partition coefficient (Wildman–Crippen LogP) is 5.36. The number of nitrogens with zero attached hydrogens (tertiary/aromatic N) is 1. The van der Waals surface area contributed by atoms with E-state index in [1.165, 1.54) is 4.90 Å². The largest absolute Gasteiger partial charge is 0.493 e. The van der Waals surface area contributed by atoms with Crippen molar-refractivity contribution in [2.24, 2.45) is 5.92 Å². The Hall–Kier alpha value is -2.13. The Labute approximate surface area is 158 Å². The maximum absolute atomic E-state index is 12.9. The molecule has 1 atom stereocenters. The highest BCUT2D eigenvalue weighted by atomic mass is 19.4. The lowest BCUT2D eigenvalue weighted by molar-refractivity contribution is -0.143. The molecule has 1 unspecified atom stereocenters. The lowest BCUT2D eigenvalue weighted by Gasteiger charge is -2.24. The fourth-order valence-corrected chi connectivity index (χ4v) is 2.68. The number of alkyl halides is 6. The van der Waals surface area contributed by atoms with Crippen molar-refractivity contribution in [2.45, 2.75) is 45.1 Å². The Morgan fingerprint density at radius 2 is 1.57 bits per heavy atom. The van der Waals surface area contributed by atoms with Gasteiger partial charge in [-0.25, -0.2) is 4.79 Å². The van der Waals surface area contributed by atoms with Crippen LogP contribution in [0.15, 0.2) is 18.2 Å². The van der Waals surface area contributed by atoms with Crippen molar-refractivity contribution in [1.29, 1.82) is 0 Å². The summed E-state index contributed by atoms with van der Waals surface area (Å²) < 4.78 is 87.7. The number of halogens is 6. The summed E-state index contributed by atoms with van der Waals surface area (Å²) in [5.41, 5.74) is -3.53. The molecule has 0 radical (unpaired) electrons. The van der Waals surface area contributed by atoms with Crippen molar-refractivity contribution in [1.82, 2.24) is 4.90 Å². The van der Waals surface area contributed by atoms with Gasteiger partial charge in [-0.15, -0.1) is 0 Å². The topological polar surface area (TPSA) is 38.8 Å². The molecule has 158 valence electrons. The minimum absolute atomic E-state index is 0.0483. The van der Waals surface area contributed by atoms with E-state index >= 15 is 0 Å². The van der Waals surface area contributed by atoms with Gasteiger partial charge in [-0.05, 0) is 45.4 Å². The smallest absolute Gasteiger partial charge is 0.416 e. The number of carbonyl (C=O) groups excluding carboxylic acids is 1. The van der Waals surface area contributed by atoms with E-state index in [0.29, 0.717) is 25.1 Å². The quantitative estimate of drug-likeness (QED) is 0.627. The van der Waals surface area contributed by atoms with Crippen LogP contribution in [0.1, 0.15) is 38.3 Å². The van der Waals surface area contributed by atoms with Crippen molar-refractivity contribution in [2.75, 3.05) is 19.7 Å². The standard InChI is InChI=1S/C18H21F6NO3/c1-16(2,3)28-15(26)25-5-4-11(9-25)10-27-14-7-12(17(19,20)21)6-13(8-14)18(22,23)24/h6-8,11H,4-5,9-10H2,1-3H3. The molecule has 1 heterocycles. The number of carbonyl (C=O) groups is 1. The lowest BCUT2D eigenvalue weighted by atomic mass is 10.1. The van der Waals surface area contributed by atoms with Crippen LogP contribution >= 0.6 is 0 Å². The molecule has 28 heavy (non-hydrogen) atoms. The summed E-state index contributed by atoms with van der Waals surface area (Å²) >= 11 is 0. The van der Waals surface area contributed by atoms with E-state index in [-0.39, 0.29) is 25.1 Å². The van der Waals surface area contributed by atoms with Gasteiger partial charge in [-0.1, -0.05) is 0 Å². The van der Waals surface area contributed by atoms with Crippen LogP contribution in [-0.2, 0) is 17.1 Å². The summed E-state index contributed by atoms with van der Waals surface area (Å²) in [7, 11) is 0. The second kappa shape index (κ2) is 7.71. The zero-order valence-corrected chi connectivity index (χ0v) is 15.6. The average molecular weight is 413 g/mol. The van der Waals surface area contributed by atoms with E-state index in [1.54, 1.807) is 20.8 Å². The molecule has 10 heteroatoms. The van der Waals surface area contributed by atoms with Crippen LogP contribution in [0.25, 0.3) is 0 Å². The Bertz CT molecular complexity index is 676. The van der Waals surface area contributed by atoms with E-state index in [0.717, 1.165) is 0 Å². The molecule has 0 aliphatic carbocycles. The Morgan fingerprint density at radius 3 is 2.04 bits per heavy atom. The van der Waals surface area contributed by atoms with Gasteiger partial charge in [0.05, 0.1) is 17.7 Å². The maximum atomic E-state index is 12.9. The number of ether oxygens (including phenoxy) is 2. The summed E-state index contributed by atoms with van der Waals surface area (Å²) in [6.07, 6.45) is -9.88. The second-order valence-electron chi connectivity index (χ2n) is 7.63. The van der Waals surface area contributed by atoms with E-state index in [9.17, 15) is 31.1 Å². The van der Waals surface area contributed by atoms with Gasteiger partial charge < -0.3 is 14.4 Å². The second-order valence-corrected chi connectivity index (χ2v) is 7.63. The number of benzene rings is 1. The molecule has 2 rings (SSSR count). The molecule has 0 saturated carbocycles. The first-order valence-corrected chi connectivity index (χ1v) is 8.55. The van der Waals surface area contributed by atoms with Gasteiger partial charge in [0.25, 0.3) is 0 Å². The molecule has 1 amide bonds. The highest BCUT2D eigenvalue weighted by molar-refractivity contribution is 5.68. The SMILES string of the molecule is CC(C)(C)OC(=O)N1CCC(COc2cc(C(F)(F)F)cc(C(F)(F)F)c2)C1. The molecule has 1 saturated heterocycles. The number of likely N-dealkylation sites (tertiary alicyclic amines) is 1. The van der Waals surface area contributed by atoms with Gasteiger partial charge in [-0.2, -0.15) is 26.3 Å². The average Bonchev–Trinajstić information content (AvgIpc) is 2.98. The molecule has 0 spiro atoms. The summed E-state index contributed by atoms with van der Waals surface area (Å²) in [6, 6.07) is 1.12. The molecule has 1 aromatic rings. The third-order valence-electron chi connectivity index (χ3n) is 3.98. The zero-order valence-electron chi connectivity index (χ0n) is 15.6. The first kappa shape index (κ1) is 22.2. The van der Waals surface area contributed by atoms with Gasteiger partial charge in [0.2, 0.25) is 0 Å². The minimum Gasteiger partial charge on any atom is -0.493 e. The Balaban J connectivity index is 2.04. The van der Waals surface area contributed by atoms with Gasteiger partial charge in [0.1, 0.15) is 11.4 Å². The van der Waals surface area contributed by atoms with Crippen LogP contribution in [0, 0.1) is 5.92 Å². The molecule has 4 nitrogen and oxygen atoms in total. The lowest BCUT2D eigenvalue weighted by Crippen LogP contribution is -2.35. The molecular weight excluding hydrogens is 392 g/mol. The fourth-order valence-electron chi connectivity index (χ4n) is 2.68. The molecule has 1 aliphatic rings. The molecule has 0 N–H and O–H groups in total. The van der Waals surface area contributed by atoms with Crippen molar-refractivity contribution < 1.29 is 40.6 Å². The first-order valence-electron chi connectivity index (χ1n) is 8.55. The van der Waals surface area contributed by atoms with E-state index in [2.05, 4.69) is 0 Å². The minimum atomic E-state index is -4.93. The Kier molecular flexibility index (Phi) is 6.10. The summed E-state index contributed by atoms with van der Waals surface area (Å²) in [5.74, 6) is -0.741. The fraction of sp³-hybridized carbons (Fsp3) is 0.611. The number of hydrogen-bond acceptors (Lipinski definition) is 3. The monoisotopic (exact) mass is 413 g/mol. The molecule has 1 fully saturated rings. The van der Waals surface area contributed by atoms with Gasteiger partial charge >= 0.3 is 18.4 Å². The van der Waals surface area contributed by atoms with Crippen LogP contribution in [0.4, 0.5) is 31.1 Å². The maximum Gasteiger partial charge on any atom is 0.416 e. The van der Waals surface area contributed by atoms with Crippen molar-refractivity contribution >= 4 is 6.09 Å². The molecule has 0 aromatic heterocycles. The number of rotatable bonds is 3. The van der Waals surface area contributed by atoms with Gasteiger partial charge in [0.15, 0.2) is 0 Å². The van der Waals surface area contributed by atoms with Crippen LogP contribution in [-0.4, -0.2) is 36.3 Å². The third-order valence-corrected chi connectivity index (χ3v) is 3.98. The van der Waals surface area contributed by atoms with E-state index < -0.39 is 40.9 Å². The predicted molar refractivity (Wildman–Crippen MR) is 87.9 cm³/mol. The number of hydrogen-bond donors (Lipinski definition) is 0. The first-order chi connectivity index (χ1) is 12.6. The Morgan fingerprint density at radius 1 is 1.04 bits per heavy atom. The summed E-state index contributed by atoms with van der Waals surface area (Å²) in [6.45, 7) is 5.66. The van der Waals surface area contributed by atoms with E-state index in [4.69, 9.17) is 9.47 Å². The number of amides is 1. The third kappa shape index (κ3) is 6.20. The highest BCUT2D eigenvalue weighted by Gasteiger charge is 2.37. The van der Waals surface area contributed by atoms with Crippen molar-refractivity contribution in [3.63, 3.8) is 0 Å². The van der Waals surface area contributed by atoms with Gasteiger partial charge in [-0.3, -0.25) is 0 Å². The summed E-state index contributed by atoms with van der Waals surface area (Å²) in [4.78, 5) is 13.4. The molecular formula is C18H21F6NO3. The van der Waals surface area contributed by atoms with Crippen LogP contribution < -0.4 is 4.74 Å². The van der Waals surface area contributed by atoms with Gasteiger partial charge in [0, 0.05) is 19.0 Å². The van der Waals surface area contributed by atoms with Crippen LogP contribution in [0.3, 0.4) is 0 Å².